The first-order valence-electron chi connectivity index (χ1n) is 9.64. The molecule has 0 radical (unpaired) electrons. The Morgan fingerprint density at radius 1 is 1.09 bits per heavy atom. The summed E-state index contributed by atoms with van der Waals surface area (Å²) in [6, 6.07) is 10.2. The Morgan fingerprint density at radius 2 is 1.85 bits per heavy atom. The number of imidazole rings is 1. The third-order valence-electron chi connectivity index (χ3n) is 5.08. The summed E-state index contributed by atoms with van der Waals surface area (Å²) in [6.45, 7) is 1.49. The van der Waals surface area contributed by atoms with Crippen LogP contribution in [0.25, 0.3) is 22.4 Å². The summed E-state index contributed by atoms with van der Waals surface area (Å²) >= 11 is 6.36. The van der Waals surface area contributed by atoms with Crippen molar-refractivity contribution in [3.8, 4) is 22.9 Å². The minimum absolute atomic E-state index is 0.0257. The quantitative estimate of drug-likeness (QED) is 0.404. The number of aryl methyl sites for hydroxylation is 1. The second-order valence-electron chi connectivity index (χ2n) is 7.28. The number of carbonyl (C=O) groups excluding carboxylic acids is 1. The monoisotopic (exact) mass is 474 g/mol. The fourth-order valence-corrected chi connectivity index (χ4v) is 3.68. The minimum Gasteiger partial charge on any atom is -0.454 e. The number of aromatic amines is 1. The van der Waals surface area contributed by atoms with E-state index in [9.17, 15) is 18.0 Å². The fourth-order valence-electron chi connectivity index (χ4n) is 3.47. The van der Waals surface area contributed by atoms with E-state index in [4.69, 9.17) is 21.1 Å². The van der Waals surface area contributed by atoms with Crippen LogP contribution in [-0.4, -0.2) is 27.7 Å². The van der Waals surface area contributed by atoms with Crippen LogP contribution in [0.15, 0.2) is 42.5 Å². The van der Waals surface area contributed by atoms with Crippen molar-refractivity contribution >= 4 is 34.2 Å². The summed E-state index contributed by atoms with van der Waals surface area (Å²) in [5.41, 5.74) is 1.20. The smallest absolute Gasteiger partial charge is 0.433 e. The van der Waals surface area contributed by atoms with Crippen LogP contribution >= 0.6 is 11.6 Å². The second kappa shape index (κ2) is 7.66. The number of nitrogens with zero attached hydrogens (tertiary/aromatic N) is 2. The fraction of sp³-hybridized carbons (Fsp3) is 0.136. The third-order valence-corrected chi connectivity index (χ3v) is 5.41. The first-order valence-corrected chi connectivity index (χ1v) is 10.0. The van der Waals surface area contributed by atoms with Gasteiger partial charge in [0, 0.05) is 23.4 Å². The number of rotatable bonds is 3. The summed E-state index contributed by atoms with van der Waals surface area (Å²) in [5, 5.41) is 3.05. The van der Waals surface area contributed by atoms with Gasteiger partial charge in [-0.05, 0) is 37.3 Å². The zero-order valence-corrected chi connectivity index (χ0v) is 17.6. The first kappa shape index (κ1) is 21.1. The van der Waals surface area contributed by atoms with Gasteiger partial charge < -0.3 is 19.8 Å². The Morgan fingerprint density at radius 3 is 2.58 bits per heavy atom. The molecule has 0 saturated carbocycles. The van der Waals surface area contributed by atoms with Gasteiger partial charge in [0.15, 0.2) is 11.5 Å². The molecule has 0 atom stereocenters. The molecule has 0 aliphatic carbocycles. The molecule has 5 rings (SSSR count). The number of hydrogen-bond donors (Lipinski definition) is 2. The Hall–Kier alpha value is -3.79. The van der Waals surface area contributed by atoms with Crippen LogP contribution in [-0.2, 0) is 6.18 Å². The summed E-state index contributed by atoms with van der Waals surface area (Å²) in [4.78, 5) is 23.9. The van der Waals surface area contributed by atoms with Crippen molar-refractivity contribution in [3.63, 3.8) is 0 Å². The second-order valence-corrected chi connectivity index (χ2v) is 7.69. The highest BCUT2D eigenvalue weighted by molar-refractivity contribution is 6.33. The maximum absolute atomic E-state index is 12.8. The van der Waals surface area contributed by atoms with Gasteiger partial charge in [-0.15, -0.1) is 0 Å². The van der Waals surface area contributed by atoms with E-state index in [1.54, 1.807) is 30.3 Å². The van der Waals surface area contributed by atoms with E-state index >= 15 is 0 Å². The van der Waals surface area contributed by atoms with Gasteiger partial charge in [0.1, 0.15) is 11.5 Å². The van der Waals surface area contributed by atoms with E-state index < -0.39 is 17.8 Å². The number of alkyl halides is 3. The van der Waals surface area contributed by atoms with Crippen LogP contribution in [0, 0.1) is 6.92 Å². The molecule has 2 aromatic heterocycles. The Balaban J connectivity index is 1.43. The predicted molar refractivity (Wildman–Crippen MR) is 115 cm³/mol. The normalized spacial score (nSPS) is 12.9. The number of anilines is 1. The van der Waals surface area contributed by atoms with Gasteiger partial charge in [-0.2, -0.15) is 13.2 Å². The molecule has 4 aromatic rings. The summed E-state index contributed by atoms with van der Waals surface area (Å²) in [6.07, 6.45) is -4.59. The number of ether oxygens (including phenoxy) is 2. The van der Waals surface area contributed by atoms with Crippen molar-refractivity contribution in [2.24, 2.45) is 0 Å². The topological polar surface area (TPSA) is 89.1 Å². The van der Waals surface area contributed by atoms with Crippen molar-refractivity contribution in [2.75, 3.05) is 12.1 Å². The Bertz CT molecular complexity index is 1380. The van der Waals surface area contributed by atoms with Crippen molar-refractivity contribution < 1.29 is 27.4 Å². The number of carbonyl (C=O) groups is 1. The molecule has 7 nitrogen and oxygen atoms in total. The minimum atomic E-state index is -4.59. The van der Waals surface area contributed by atoms with Gasteiger partial charge >= 0.3 is 6.18 Å². The van der Waals surface area contributed by atoms with Crippen LogP contribution in [0.4, 0.5) is 18.9 Å². The molecule has 1 amide bonds. The molecule has 2 N–H and O–H groups in total. The molecule has 0 unspecified atom stereocenters. The molecule has 1 aliphatic rings. The van der Waals surface area contributed by atoms with Crippen molar-refractivity contribution in [1.29, 1.82) is 0 Å². The molecule has 11 heteroatoms. The Kier molecular flexibility index (Phi) is 4.89. The number of aromatic nitrogens is 3. The van der Waals surface area contributed by atoms with Gasteiger partial charge in [-0.25, -0.2) is 9.97 Å². The molecule has 33 heavy (non-hydrogen) atoms. The molecule has 0 saturated heterocycles. The maximum Gasteiger partial charge on any atom is 0.433 e. The lowest BCUT2D eigenvalue weighted by Crippen LogP contribution is -2.16. The van der Waals surface area contributed by atoms with Gasteiger partial charge in [0.05, 0.1) is 27.3 Å². The van der Waals surface area contributed by atoms with E-state index in [0.29, 0.717) is 44.6 Å². The van der Waals surface area contributed by atoms with E-state index in [-0.39, 0.29) is 18.1 Å². The van der Waals surface area contributed by atoms with Gasteiger partial charge in [0.25, 0.3) is 5.91 Å². The van der Waals surface area contributed by atoms with Crippen LogP contribution in [0.5, 0.6) is 11.5 Å². The van der Waals surface area contributed by atoms with Crippen LogP contribution < -0.4 is 14.8 Å². The molecular formula is C22H14ClF3N4O3. The highest BCUT2D eigenvalue weighted by atomic mass is 35.5. The van der Waals surface area contributed by atoms with E-state index in [1.807, 2.05) is 0 Å². The number of amides is 1. The molecule has 2 aromatic carbocycles. The summed E-state index contributed by atoms with van der Waals surface area (Å²) in [7, 11) is 0. The number of nitrogens with one attached hydrogen (secondary N) is 2. The standard InChI is InChI=1S/C22H14ClF3N4O3/c1-10-12(3-5-19(27-10)22(24,25)26)21(31)28-11-2-4-14(23)13(6-11)20-29-15-7-17-18(33-9-32-17)8-16(15)30-20/h2-8H,9H2,1H3,(H,28,31)(H,29,30). The lowest BCUT2D eigenvalue weighted by molar-refractivity contribution is -0.141. The van der Waals surface area contributed by atoms with Crippen LogP contribution in [0.2, 0.25) is 5.02 Å². The molecule has 3 heterocycles. The first-order chi connectivity index (χ1) is 15.7. The number of pyridine rings is 1. The van der Waals surface area contributed by atoms with Gasteiger partial charge in [0.2, 0.25) is 6.79 Å². The van der Waals surface area contributed by atoms with Crippen LogP contribution in [0.3, 0.4) is 0 Å². The highest BCUT2D eigenvalue weighted by Gasteiger charge is 2.33. The van der Waals surface area contributed by atoms with Crippen molar-refractivity contribution in [1.82, 2.24) is 15.0 Å². The molecule has 0 spiro atoms. The number of halogens is 4. The summed E-state index contributed by atoms with van der Waals surface area (Å²) < 4.78 is 49.3. The predicted octanol–water partition coefficient (Wildman–Crippen LogP) is 5.59. The SMILES string of the molecule is Cc1nc(C(F)(F)F)ccc1C(=O)Nc1ccc(Cl)c(-c2nc3cc4c(cc3[nH]2)OCO4)c1. The number of H-pyrrole nitrogens is 1. The number of fused-ring (bicyclic) bond motifs is 2. The summed E-state index contributed by atoms with van der Waals surface area (Å²) in [5.74, 6) is 1.05. The molecule has 0 bridgehead atoms. The molecule has 0 fully saturated rings. The zero-order chi connectivity index (χ0) is 23.3. The van der Waals surface area contributed by atoms with Gasteiger partial charge in [-0.3, -0.25) is 4.79 Å². The van der Waals surface area contributed by atoms with Crippen LogP contribution in [0.1, 0.15) is 21.7 Å². The van der Waals surface area contributed by atoms with E-state index in [2.05, 4.69) is 20.3 Å². The average Bonchev–Trinajstić information content (AvgIpc) is 3.38. The zero-order valence-electron chi connectivity index (χ0n) is 16.9. The maximum atomic E-state index is 12.8. The molecule has 168 valence electrons. The molecular weight excluding hydrogens is 461 g/mol. The lowest BCUT2D eigenvalue weighted by Gasteiger charge is -2.11. The van der Waals surface area contributed by atoms with Crippen molar-refractivity contribution in [2.45, 2.75) is 13.1 Å². The third kappa shape index (κ3) is 3.93. The average molecular weight is 475 g/mol. The lowest BCUT2D eigenvalue weighted by atomic mass is 10.1. The van der Waals surface area contributed by atoms with Gasteiger partial charge in [-0.1, -0.05) is 11.6 Å². The van der Waals surface area contributed by atoms with Crippen molar-refractivity contribution in [3.05, 3.63) is 64.4 Å². The number of benzene rings is 2. The Labute approximate surface area is 189 Å². The highest BCUT2D eigenvalue weighted by Crippen LogP contribution is 2.37. The molecule has 1 aliphatic heterocycles. The number of hydrogen-bond acceptors (Lipinski definition) is 5. The van der Waals surface area contributed by atoms with E-state index in [0.717, 1.165) is 12.1 Å². The largest absolute Gasteiger partial charge is 0.454 e. The van der Waals surface area contributed by atoms with E-state index in [1.165, 1.54) is 6.92 Å².